The fourth-order valence-corrected chi connectivity index (χ4v) is 3.14. The van der Waals surface area contributed by atoms with Crippen LogP contribution < -0.4 is 15.0 Å². The Bertz CT molecular complexity index is 834. The summed E-state index contributed by atoms with van der Waals surface area (Å²) in [6.07, 6.45) is -4.75. The third-order valence-corrected chi connectivity index (χ3v) is 4.56. The van der Waals surface area contributed by atoms with Crippen LogP contribution in [0.2, 0.25) is 0 Å². The van der Waals surface area contributed by atoms with Crippen LogP contribution in [0, 0.1) is 0 Å². The maximum atomic E-state index is 12.4. The first-order valence-electron chi connectivity index (χ1n) is 9.14. The number of rotatable bonds is 5. The van der Waals surface area contributed by atoms with Crippen molar-refractivity contribution >= 4 is 17.5 Å². The maximum Gasteiger partial charge on any atom is 0.573 e. The Balaban J connectivity index is 1.44. The molecule has 3 rings (SSSR count). The zero-order valence-corrected chi connectivity index (χ0v) is 15.5. The van der Waals surface area contributed by atoms with Crippen LogP contribution in [0.1, 0.15) is 10.4 Å². The SMILES string of the molecule is O=C(C[NH+]1CCN(C(=O)c2ccccc2)CC1)Nc1ccc(OC(F)(F)F)cc1. The molecule has 0 aliphatic carbocycles. The Morgan fingerprint density at radius 1 is 1.00 bits per heavy atom. The van der Waals surface area contributed by atoms with E-state index in [4.69, 9.17) is 0 Å². The lowest BCUT2D eigenvalue weighted by molar-refractivity contribution is -0.895. The first-order chi connectivity index (χ1) is 13.8. The fourth-order valence-electron chi connectivity index (χ4n) is 3.14. The molecule has 2 N–H and O–H groups in total. The van der Waals surface area contributed by atoms with Gasteiger partial charge in [0.05, 0.1) is 26.2 Å². The molecular weight excluding hydrogens is 387 g/mol. The molecule has 0 saturated carbocycles. The Labute approximate surface area is 165 Å². The number of piperazine rings is 1. The number of nitrogens with zero attached hydrogens (tertiary/aromatic N) is 1. The Kier molecular flexibility index (Phi) is 6.38. The zero-order chi connectivity index (χ0) is 20.9. The van der Waals surface area contributed by atoms with Gasteiger partial charge in [-0.3, -0.25) is 9.59 Å². The number of carbonyl (C=O) groups is 2. The van der Waals surface area contributed by atoms with Crippen LogP contribution in [0.4, 0.5) is 18.9 Å². The van der Waals surface area contributed by atoms with E-state index in [9.17, 15) is 22.8 Å². The van der Waals surface area contributed by atoms with Crippen LogP contribution in [-0.4, -0.2) is 55.8 Å². The number of alkyl halides is 3. The van der Waals surface area contributed by atoms with Crippen molar-refractivity contribution in [2.24, 2.45) is 0 Å². The highest BCUT2D eigenvalue weighted by Gasteiger charge is 2.31. The van der Waals surface area contributed by atoms with Crippen molar-refractivity contribution in [3.8, 4) is 5.75 Å². The number of amides is 2. The van der Waals surface area contributed by atoms with Crippen molar-refractivity contribution in [2.75, 3.05) is 38.0 Å². The highest BCUT2D eigenvalue weighted by molar-refractivity contribution is 5.94. The van der Waals surface area contributed by atoms with Gasteiger partial charge in [0.1, 0.15) is 5.75 Å². The van der Waals surface area contributed by atoms with Crippen molar-refractivity contribution in [2.45, 2.75) is 6.36 Å². The van der Waals surface area contributed by atoms with Crippen LogP contribution in [0.15, 0.2) is 54.6 Å². The second-order valence-corrected chi connectivity index (χ2v) is 6.71. The molecule has 2 aromatic carbocycles. The summed E-state index contributed by atoms with van der Waals surface area (Å²) in [5.74, 6) is -0.608. The van der Waals surface area contributed by atoms with Gasteiger partial charge in [0, 0.05) is 11.3 Å². The minimum absolute atomic E-state index is 0.0183. The van der Waals surface area contributed by atoms with E-state index in [1.54, 1.807) is 17.0 Å². The number of halogens is 3. The predicted octanol–water partition coefficient (Wildman–Crippen LogP) is 1.56. The van der Waals surface area contributed by atoms with Crippen LogP contribution in [0.5, 0.6) is 5.75 Å². The molecule has 1 fully saturated rings. The largest absolute Gasteiger partial charge is 0.573 e. The molecule has 1 saturated heterocycles. The molecule has 0 bridgehead atoms. The average Bonchev–Trinajstić information content (AvgIpc) is 2.69. The summed E-state index contributed by atoms with van der Waals surface area (Å²) in [5.41, 5.74) is 1.04. The number of benzene rings is 2. The second-order valence-electron chi connectivity index (χ2n) is 6.71. The van der Waals surface area contributed by atoms with Crippen molar-refractivity contribution < 1.29 is 32.4 Å². The first kappa shape index (κ1) is 20.7. The van der Waals surface area contributed by atoms with Crippen molar-refractivity contribution in [3.05, 3.63) is 60.2 Å². The maximum absolute atomic E-state index is 12.4. The summed E-state index contributed by atoms with van der Waals surface area (Å²) in [6, 6.07) is 14.0. The lowest BCUT2D eigenvalue weighted by Gasteiger charge is -2.32. The van der Waals surface area contributed by atoms with E-state index in [0.717, 1.165) is 17.0 Å². The van der Waals surface area contributed by atoms with Gasteiger partial charge in [-0.25, -0.2) is 0 Å². The average molecular weight is 408 g/mol. The van der Waals surface area contributed by atoms with Gasteiger partial charge in [-0.05, 0) is 36.4 Å². The lowest BCUT2D eigenvalue weighted by Crippen LogP contribution is -3.15. The van der Waals surface area contributed by atoms with E-state index in [1.165, 1.54) is 12.1 Å². The molecule has 2 amide bonds. The molecule has 1 aliphatic heterocycles. The van der Waals surface area contributed by atoms with Gasteiger partial charge < -0.3 is 19.9 Å². The number of hydrogen-bond donors (Lipinski definition) is 2. The van der Waals surface area contributed by atoms with Gasteiger partial charge in [0.15, 0.2) is 6.54 Å². The molecule has 0 atom stereocenters. The van der Waals surface area contributed by atoms with Gasteiger partial charge in [-0.15, -0.1) is 13.2 Å². The zero-order valence-electron chi connectivity index (χ0n) is 15.5. The summed E-state index contributed by atoms with van der Waals surface area (Å²) in [4.78, 5) is 27.5. The van der Waals surface area contributed by atoms with E-state index in [1.807, 2.05) is 18.2 Å². The van der Waals surface area contributed by atoms with E-state index >= 15 is 0 Å². The molecule has 1 heterocycles. The summed E-state index contributed by atoms with van der Waals surface area (Å²) >= 11 is 0. The molecule has 2 aromatic rings. The Hall–Kier alpha value is -3.07. The minimum Gasteiger partial charge on any atom is -0.406 e. The predicted molar refractivity (Wildman–Crippen MR) is 99.7 cm³/mol. The number of nitrogens with one attached hydrogen (secondary N) is 2. The van der Waals surface area contributed by atoms with E-state index in [0.29, 0.717) is 37.4 Å². The van der Waals surface area contributed by atoms with Crippen LogP contribution in [-0.2, 0) is 4.79 Å². The summed E-state index contributed by atoms with van der Waals surface area (Å²) < 4.78 is 40.3. The smallest absolute Gasteiger partial charge is 0.406 e. The van der Waals surface area contributed by atoms with E-state index in [2.05, 4.69) is 10.1 Å². The second kappa shape index (κ2) is 8.95. The Morgan fingerprint density at radius 2 is 1.62 bits per heavy atom. The minimum atomic E-state index is -4.75. The quantitative estimate of drug-likeness (QED) is 0.790. The molecule has 0 aromatic heterocycles. The van der Waals surface area contributed by atoms with Crippen LogP contribution >= 0.6 is 0 Å². The van der Waals surface area contributed by atoms with Gasteiger partial charge in [-0.2, -0.15) is 0 Å². The third-order valence-electron chi connectivity index (χ3n) is 4.56. The molecule has 1 aliphatic rings. The van der Waals surface area contributed by atoms with Gasteiger partial charge in [0.25, 0.3) is 11.8 Å². The molecule has 154 valence electrons. The fraction of sp³-hybridized carbons (Fsp3) is 0.300. The van der Waals surface area contributed by atoms with Gasteiger partial charge in [0.2, 0.25) is 0 Å². The van der Waals surface area contributed by atoms with Gasteiger partial charge in [-0.1, -0.05) is 18.2 Å². The van der Waals surface area contributed by atoms with E-state index < -0.39 is 6.36 Å². The van der Waals surface area contributed by atoms with Gasteiger partial charge >= 0.3 is 6.36 Å². The molecule has 29 heavy (non-hydrogen) atoms. The molecular formula is C20H21F3N3O3+. The Morgan fingerprint density at radius 3 is 2.21 bits per heavy atom. The van der Waals surface area contributed by atoms with Crippen molar-refractivity contribution in [3.63, 3.8) is 0 Å². The summed E-state index contributed by atoms with van der Waals surface area (Å²) in [5, 5.41) is 2.66. The molecule has 0 spiro atoms. The number of carbonyl (C=O) groups excluding carboxylic acids is 2. The molecule has 6 nitrogen and oxygen atoms in total. The summed E-state index contributed by atoms with van der Waals surface area (Å²) in [7, 11) is 0. The van der Waals surface area contributed by atoms with E-state index in [-0.39, 0.29) is 24.1 Å². The topological polar surface area (TPSA) is 63.1 Å². The van der Waals surface area contributed by atoms with Crippen molar-refractivity contribution in [1.29, 1.82) is 0 Å². The normalized spacial score (nSPS) is 15.1. The number of quaternary nitrogens is 1. The van der Waals surface area contributed by atoms with Crippen LogP contribution in [0.3, 0.4) is 0 Å². The van der Waals surface area contributed by atoms with Crippen LogP contribution in [0.25, 0.3) is 0 Å². The molecule has 0 unspecified atom stereocenters. The highest BCUT2D eigenvalue weighted by Crippen LogP contribution is 2.23. The number of ether oxygens (including phenoxy) is 1. The summed E-state index contributed by atoms with van der Waals surface area (Å²) in [6.45, 7) is 2.61. The molecule has 9 heteroatoms. The molecule has 0 radical (unpaired) electrons. The van der Waals surface area contributed by atoms with Crippen molar-refractivity contribution in [1.82, 2.24) is 4.90 Å². The number of anilines is 1. The highest BCUT2D eigenvalue weighted by atomic mass is 19.4. The third kappa shape index (κ3) is 6.21. The first-order valence-corrected chi connectivity index (χ1v) is 9.14. The monoisotopic (exact) mass is 408 g/mol. The standard InChI is InChI=1S/C20H20F3N3O3/c21-20(22,23)29-17-8-6-16(7-9-17)24-18(27)14-25-10-12-26(13-11-25)19(28)15-4-2-1-3-5-15/h1-9H,10-14H2,(H,24,27)/p+1. The number of hydrogen-bond acceptors (Lipinski definition) is 3. The lowest BCUT2D eigenvalue weighted by atomic mass is 10.2.